The quantitative estimate of drug-likeness (QED) is 0.342. The van der Waals surface area contributed by atoms with Crippen molar-refractivity contribution >= 4 is 29.0 Å². The molecule has 1 amide bonds. The zero-order valence-electron chi connectivity index (χ0n) is 10.3. The largest absolute Gasteiger partial charge is 0.409 e. The number of hydrogen-bond acceptors (Lipinski definition) is 6. The first-order chi connectivity index (χ1) is 9.52. The molecule has 2 aromatic rings. The summed E-state index contributed by atoms with van der Waals surface area (Å²) in [6, 6.07) is 3.75. The van der Waals surface area contributed by atoms with Gasteiger partial charge in [0, 0.05) is 5.69 Å². The monoisotopic (exact) mass is 295 g/mol. The number of aromatic nitrogens is 2. The topological polar surface area (TPSA) is 113 Å². The molecule has 0 aliphatic rings. The number of aryl methyl sites for hydroxylation is 1. The highest BCUT2D eigenvalue weighted by atomic mass is 32.1. The number of carbonyl (C=O) groups is 1. The van der Waals surface area contributed by atoms with Gasteiger partial charge in [-0.25, -0.2) is 4.39 Å². The lowest BCUT2D eigenvalue weighted by Crippen LogP contribution is -2.17. The molecule has 0 spiro atoms. The third kappa shape index (κ3) is 2.72. The van der Waals surface area contributed by atoms with Crippen molar-refractivity contribution < 1.29 is 14.4 Å². The lowest BCUT2D eigenvalue weighted by atomic mass is 10.1. The predicted molar refractivity (Wildman–Crippen MR) is 71.5 cm³/mol. The highest BCUT2D eigenvalue weighted by Crippen LogP contribution is 2.17. The molecule has 0 saturated carbocycles. The second-order valence-corrected chi connectivity index (χ2v) is 4.58. The lowest BCUT2D eigenvalue weighted by molar-refractivity contribution is 0.103. The maximum absolute atomic E-state index is 13.5. The van der Waals surface area contributed by atoms with E-state index in [9.17, 15) is 9.18 Å². The molecule has 0 saturated heterocycles. The minimum Gasteiger partial charge on any atom is -0.409 e. The molecular weight excluding hydrogens is 285 g/mol. The summed E-state index contributed by atoms with van der Waals surface area (Å²) in [5.74, 6) is -1.45. The fourth-order valence-corrected chi connectivity index (χ4v) is 2.03. The van der Waals surface area contributed by atoms with E-state index in [1.54, 1.807) is 6.92 Å². The van der Waals surface area contributed by atoms with Crippen LogP contribution in [0, 0.1) is 12.7 Å². The van der Waals surface area contributed by atoms with E-state index < -0.39 is 11.7 Å². The Labute approximate surface area is 117 Å². The van der Waals surface area contributed by atoms with Crippen LogP contribution in [0.5, 0.6) is 0 Å². The molecule has 0 radical (unpaired) electrons. The highest BCUT2D eigenvalue weighted by molar-refractivity contribution is 7.08. The van der Waals surface area contributed by atoms with Crippen molar-refractivity contribution in [2.24, 2.45) is 10.9 Å². The van der Waals surface area contributed by atoms with Gasteiger partial charge >= 0.3 is 0 Å². The summed E-state index contributed by atoms with van der Waals surface area (Å²) in [4.78, 5) is 12.3. The number of oxime groups is 1. The average Bonchev–Trinajstić information content (AvgIpc) is 2.86. The van der Waals surface area contributed by atoms with Crippen LogP contribution in [-0.2, 0) is 0 Å². The molecular formula is C11H10FN5O2S. The predicted octanol–water partition coefficient (Wildman–Crippen LogP) is 1.33. The molecule has 1 aromatic heterocycles. The Balaban J connectivity index is 2.27. The smallest absolute Gasteiger partial charge is 0.269 e. The van der Waals surface area contributed by atoms with Crippen molar-refractivity contribution in [2.45, 2.75) is 6.92 Å². The Morgan fingerprint density at radius 3 is 2.90 bits per heavy atom. The van der Waals surface area contributed by atoms with Crippen LogP contribution in [0.4, 0.5) is 10.1 Å². The van der Waals surface area contributed by atoms with Crippen LogP contribution in [0.3, 0.4) is 0 Å². The molecule has 0 atom stereocenters. The average molecular weight is 295 g/mol. The summed E-state index contributed by atoms with van der Waals surface area (Å²) < 4.78 is 17.1. The molecule has 2 rings (SSSR count). The third-order valence-corrected chi connectivity index (χ3v) is 3.29. The number of amidine groups is 1. The highest BCUT2D eigenvalue weighted by Gasteiger charge is 2.15. The SMILES string of the molecule is Cc1nnsc1C(=O)Nc1ccc(F)c(C(N)=NO)c1. The summed E-state index contributed by atoms with van der Waals surface area (Å²) in [5.41, 5.74) is 6.05. The number of nitrogens with one attached hydrogen (secondary N) is 1. The number of hydrogen-bond donors (Lipinski definition) is 3. The van der Waals surface area contributed by atoms with Crippen molar-refractivity contribution in [3.8, 4) is 0 Å². The Bertz CT molecular complexity index is 685. The maximum atomic E-state index is 13.5. The Morgan fingerprint density at radius 2 is 2.30 bits per heavy atom. The number of amides is 1. The molecule has 0 aliphatic carbocycles. The van der Waals surface area contributed by atoms with Gasteiger partial charge in [0.1, 0.15) is 10.7 Å². The van der Waals surface area contributed by atoms with Crippen LogP contribution < -0.4 is 11.1 Å². The van der Waals surface area contributed by atoms with E-state index in [1.807, 2.05) is 0 Å². The standard InChI is InChI=1S/C11H10FN5O2S/c1-5-9(20-17-15-5)11(18)14-6-2-3-8(12)7(4-6)10(13)16-19/h2-4,19H,1H3,(H2,13,16)(H,14,18). The fraction of sp³-hybridized carbons (Fsp3) is 0.0909. The molecule has 4 N–H and O–H groups in total. The van der Waals surface area contributed by atoms with Crippen LogP contribution in [0.25, 0.3) is 0 Å². The van der Waals surface area contributed by atoms with Crippen LogP contribution in [0.1, 0.15) is 20.9 Å². The number of nitrogens with two attached hydrogens (primary N) is 1. The minimum absolute atomic E-state index is 0.107. The number of benzene rings is 1. The van der Waals surface area contributed by atoms with Gasteiger partial charge in [-0.3, -0.25) is 4.79 Å². The van der Waals surface area contributed by atoms with Crippen molar-refractivity contribution in [1.29, 1.82) is 0 Å². The zero-order valence-corrected chi connectivity index (χ0v) is 11.1. The summed E-state index contributed by atoms with van der Waals surface area (Å²) >= 11 is 0.959. The van der Waals surface area contributed by atoms with Gasteiger partial charge in [0.15, 0.2) is 5.84 Å². The van der Waals surface area contributed by atoms with Crippen molar-refractivity contribution in [1.82, 2.24) is 9.59 Å². The maximum Gasteiger partial charge on any atom is 0.269 e. The first-order valence-corrected chi connectivity index (χ1v) is 6.18. The molecule has 1 aromatic carbocycles. The van der Waals surface area contributed by atoms with E-state index in [-0.39, 0.29) is 11.4 Å². The Hall–Kier alpha value is -2.55. The lowest BCUT2D eigenvalue weighted by Gasteiger charge is -2.07. The van der Waals surface area contributed by atoms with Gasteiger partial charge in [-0.1, -0.05) is 9.64 Å². The van der Waals surface area contributed by atoms with E-state index in [1.165, 1.54) is 12.1 Å². The molecule has 7 nitrogen and oxygen atoms in total. The molecule has 20 heavy (non-hydrogen) atoms. The van der Waals surface area contributed by atoms with Crippen LogP contribution in [-0.4, -0.2) is 26.5 Å². The number of rotatable bonds is 3. The normalized spacial score (nSPS) is 11.4. The van der Waals surface area contributed by atoms with E-state index in [0.29, 0.717) is 16.3 Å². The van der Waals surface area contributed by atoms with Crippen molar-refractivity contribution in [2.75, 3.05) is 5.32 Å². The van der Waals surface area contributed by atoms with E-state index in [2.05, 4.69) is 20.1 Å². The molecule has 104 valence electrons. The second-order valence-electron chi connectivity index (χ2n) is 3.82. The summed E-state index contributed by atoms with van der Waals surface area (Å²) in [5, 5.41) is 17.6. The van der Waals surface area contributed by atoms with Gasteiger partial charge in [-0.05, 0) is 36.7 Å². The van der Waals surface area contributed by atoms with Crippen molar-refractivity contribution in [3.05, 3.63) is 40.2 Å². The Morgan fingerprint density at radius 1 is 1.55 bits per heavy atom. The van der Waals surface area contributed by atoms with Crippen LogP contribution in [0.2, 0.25) is 0 Å². The zero-order chi connectivity index (χ0) is 14.7. The van der Waals surface area contributed by atoms with Gasteiger partial charge in [0.2, 0.25) is 0 Å². The van der Waals surface area contributed by atoms with Gasteiger partial charge in [-0.15, -0.1) is 5.10 Å². The number of anilines is 1. The van der Waals surface area contributed by atoms with Crippen molar-refractivity contribution in [3.63, 3.8) is 0 Å². The summed E-state index contributed by atoms with van der Waals surface area (Å²) in [6.07, 6.45) is 0. The molecule has 0 unspecified atom stereocenters. The number of halogens is 1. The van der Waals surface area contributed by atoms with E-state index in [4.69, 9.17) is 10.9 Å². The van der Waals surface area contributed by atoms with E-state index in [0.717, 1.165) is 17.6 Å². The summed E-state index contributed by atoms with van der Waals surface area (Å²) in [6.45, 7) is 1.66. The van der Waals surface area contributed by atoms with Gasteiger partial charge in [0.25, 0.3) is 5.91 Å². The van der Waals surface area contributed by atoms with Crippen LogP contribution in [0.15, 0.2) is 23.4 Å². The fourth-order valence-electron chi connectivity index (χ4n) is 1.48. The minimum atomic E-state index is -0.658. The molecule has 9 heteroatoms. The van der Waals surface area contributed by atoms with Gasteiger partial charge in [0.05, 0.1) is 11.3 Å². The van der Waals surface area contributed by atoms with Crippen LogP contribution >= 0.6 is 11.5 Å². The number of carbonyl (C=O) groups excluding carboxylic acids is 1. The summed E-state index contributed by atoms with van der Waals surface area (Å²) in [7, 11) is 0. The molecule has 0 fully saturated rings. The third-order valence-electron chi connectivity index (χ3n) is 2.47. The Kier molecular flexibility index (Phi) is 3.89. The molecule has 1 heterocycles. The number of nitrogens with zero attached hydrogens (tertiary/aromatic N) is 3. The van der Waals surface area contributed by atoms with E-state index >= 15 is 0 Å². The van der Waals surface area contributed by atoms with Gasteiger partial charge in [-0.2, -0.15) is 0 Å². The molecule has 0 aliphatic heterocycles. The van der Waals surface area contributed by atoms with Gasteiger partial charge < -0.3 is 16.3 Å². The first-order valence-electron chi connectivity index (χ1n) is 5.40. The first kappa shape index (κ1) is 13.9. The second kappa shape index (κ2) is 5.61. The molecule has 0 bridgehead atoms.